The van der Waals surface area contributed by atoms with Gasteiger partial charge in [-0.2, -0.15) is 0 Å². The number of carbonyl (C=O) groups is 1. The van der Waals surface area contributed by atoms with Crippen LogP contribution in [-0.2, 0) is 9.53 Å². The summed E-state index contributed by atoms with van der Waals surface area (Å²) in [6.07, 6.45) is 0.865. The smallest absolute Gasteiger partial charge is 0.234 e. The minimum atomic E-state index is 0.110. The van der Waals surface area contributed by atoms with E-state index in [1.807, 2.05) is 6.07 Å². The number of piperazine rings is 1. The maximum atomic E-state index is 11.8. The lowest BCUT2D eigenvalue weighted by atomic mass is 10.2. The Bertz CT molecular complexity index is 417. The molecule has 0 atom stereocenters. The standard InChI is InChI=1S/C16H25N3O2/c1-21-13-5-8-17-16(20)14-18-9-11-19(12-10-18)15-6-3-2-4-7-15/h2-4,6-7H,5,8-14H2,1H3,(H,17,20). The molecule has 1 aromatic rings. The molecule has 0 aromatic heterocycles. The second-order valence-corrected chi connectivity index (χ2v) is 5.30. The molecule has 0 unspecified atom stereocenters. The number of rotatable bonds is 7. The zero-order valence-electron chi connectivity index (χ0n) is 12.8. The summed E-state index contributed by atoms with van der Waals surface area (Å²) in [5.41, 5.74) is 1.26. The Balaban J connectivity index is 1.66. The minimum Gasteiger partial charge on any atom is -0.385 e. The third-order valence-electron chi connectivity index (χ3n) is 3.71. The number of anilines is 1. The van der Waals surface area contributed by atoms with Gasteiger partial charge in [0.15, 0.2) is 0 Å². The zero-order chi connectivity index (χ0) is 14.9. The van der Waals surface area contributed by atoms with Crippen LogP contribution >= 0.6 is 0 Å². The van der Waals surface area contributed by atoms with E-state index in [2.05, 4.69) is 39.4 Å². The molecular formula is C16H25N3O2. The predicted octanol–water partition coefficient (Wildman–Crippen LogP) is 0.961. The number of methoxy groups -OCH3 is 1. The number of hydrogen-bond acceptors (Lipinski definition) is 4. The fraction of sp³-hybridized carbons (Fsp3) is 0.562. The van der Waals surface area contributed by atoms with Gasteiger partial charge in [0.05, 0.1) is 6.54 Å². The number of amides is 1. The average molecular weight is 291 g/mol. The number of ether oxygens (including phenoxy) is 1. The highest BCUT2D eigenvalue weighted by atomic mass is 16.5. The first-order valence-corrected chi connectivity index (χ1v) is 7.57. The summed E-state index contributed by atoms with van der Waals surface area (Å²) in [7, 11) is 1.67. The van der Waals surface area contributed by atoms with Crippen molar-refractivity contribution < 1.29 is 9.53 Å². The summed E-state index contributed by atoms with van der Waals surface area (Å²) in [6.45, 7) is 5.69. The van der Waals surface area contributed by atoms with Crippen LogP contribution in [0.25, 0.3) is 0 Å². The van der Waals surface area contributed by atoms with E-state index >= 15 is 0 Å². The number of nitrogens with zero attached hydrogens (tertiary/aromatic N) is 2. The van der Waals surface area contributed by atoms with E-state index in [0.717, 1.165) is 32.6 Å². The maximum Gasteiger partial charge on any atom is 0.234 e. The van der Waals surface area contributed by atoms with Gasteiger partial charge in [-0.25, -0.2) is 0 Å². The van der Waals surface area contributed by atoms with Gasteiger partial charge in [0.1, 0.15) is 0 Å². The van der Waals surface area contributed by atoms with Gasteiger partial charge in [-0.3, -0.25) is 9.69 Å². The van der Waals surface area contributed by atoms with Crippen LogP contribution in [0.3, 0.4) is 0 Å². The second-order valence-electron chi connectivity index (χ2n) is 5.30. The molecule has 1 N–H and O–H groups in total. The Hall–Kier alpha value is -1.59. The number of hydrogen-bond donors (Lipinski definition) is 1. The highest BCUT2D eigenvalue weighted by molar-refractivity contribution is 5.78. The molecule has 0 radical (unpaired) electrons. The maximum absolute atomic E-state index is 11.8. The summed E-state index contributed by atoms with van der Waals surface area (Å²) in [4.78, 5) is 16.4. The van der Waals surface area contributed by atoms with Gasteiger partial charge in [-0.15, -0.1) is 0 Å². The molecule has 1 aliphatic heterocycles. The number of carbonyl (C=O) groups excluding carboxylic acids is 1. The zero-order valence-corrected chi connectivity index (χ0v) is 12.8. The van der Waals surface area contributed by atoms with Crippen molar-refractivity contribution in [1.29, 1.82) is 0 Å². The quantitative estimate of drug-likeness (QED) is 0.760. The van der Waals surface area contributed by atoms with Crippen LogP contribution in [0, 0.1) is 0 Å². The van der Waals surface area contributed by atoms with E-state index in [0.29, 0.717) is 19.7 Å². The lowest BCUT2D eigenvalue weighted by Gasteiger charge is -2.35. The van der Waals surface area contributed by atoms with E-state index in [4.69, 9.17) is 4.74 Å². The van der Waals surface area contributed by atoms with Crippen molar-refractivity contribution in [2.75, 3.05) is 57.9 Å². The third kappa shape index (κ3) is 5.36. The Morgan fingerprint density at radius 1 is 1.19 bits per heavy atom. The molecular weight excluding hydrogens is 266 g/mol. The molecule has 116 valence electrons. The molecule has 0 spiro atoms. The highest BCUT2D eigenvalue weighted by Gasteiger charge is 2.18. The summed E-state index contributed by atoms with van der Waals surface area (Å²) >= 11 is 0. The number of para-hydroxylation sites is 1. The molecule has 1 heterocycles. The molecule has 0 saturated carbocycles. The normalized spacial score (nSPS) is 16.0. The summed E-state index contributed by atoms with van der Waals surface area (Å²) in [5, 5.41) is 2.93. The fourth-order valence-electron chi connectivity index (χ4n) is 2.51. The van der Waals surface area contributed by atoms with Gasteiger partial charge >= 0.3 is 0 Å². The molecule has 21 heavy (non-hydrogen) atoms. The SMILES string of the molecule is COCCCNC(=O)CN1CCN(c2ccccc2)CC1. The van der Waals surface area contributed by atoms with Crippen molar-refractivity contribution in [3.8, 4) is 0 Å². The topological polar surface area (TPSA) is 44.8 Å². The van der Waals surface area contributed by atoms with E-state index in [1.165, 1.54) is 5.69 Å². The largest absolute Gasteiger partial charge is 0.385 e. The van der Waals surface area contributed by atoms with Crippen LogP contribution in [0.4, 0.5) is 5.69 Å². The number of benzene rings is 1. The highest BCUT2D eigenvalue weighted by Crippen LogP contribution is 2.15. The first-order valence-electron chi connectivity index (χ1n) is 7.57. The Morgan fingerprint density at radius 2 is 1.90 bits per heavy atom. The van der Waals surface area contributed by atoms with Crippen molar-refractivity contribution in [3.63, 3.8) is 0 Å². The Kier molecular flexibility index (Phi) is 6.50. The minimum absolute atomic E-state index is 0.110. The molecule has 1 aliphatic rings. The van der Waals surface area contributed by atoms with Crippen molar-refractivity contribution in [2.45, 2.75) is 6.42 Å². The Labute approximate surface area is 126 Å². The van der Waals surface area contributed by atoms with E-state index in [1.54, 1.807) is 7.11 Å². The van der Waals surface area contributed by atoms with E-state index < -0.39 is 0 Å². The average Bonchev–Trinajstić information content (AvgIpc) is 2.53. The molecule has 0 bridgehead atoms. The lowest BCUT2D eigenvalue weighted by Crippen LogP contribution is -2.49. The molecule has 1 saturated heterocycles. The van der Waals surface area contributed by atoms with E-state index in [-0.39, 0.29) is 5.91 Å². The van der Waals surface area contributed by atoms with Gasteiger partial charge < -0.3 is 15.0 Å². The van der Waals surface area contributed by atoms with Crippen molar-refractivity contribution in [2.24, 2.45) is 0 Å². The second kappa shape index (κ2) is 8.64. The fourth-order valence-corrected chi connectivity index (χ4v) is 2.51. The van der Waals surface area contributed by atoms with Crippen molar-refractivity contribution in [1.82, 2.24) is 10.2 Å². The van der Waals surface area contributed by atoms with E-state index in [9.17, 15) is 4.79 Å². The van der Waals surface area contributed by atoms with Gasteiger partial charge in [-0.1, -0.05) is 18.2 Å². The van der Waals surface area contributed by atoms with Gasteiger partial charge in [0, 0.05) is 52.1 Å². The molecule has 1 fully saturated rings. The van der Waals surface area contributed by atoms with Crippen molar-refractivity contribution >= 4 is 11.6 Å². The predicted molar refractivity (Wildman–Crippen MR) is 84.6 cm³/mol. The van der Waals surface area contributed by atoms with Crippen LogP contribution in [0.1, 0.15) is 6.42 Å². The molecule has 5 nitrogen and oxygen atoms in total. The molecule has 0 aliphatic carbocycles. The van der Waals surface area contributed by atoms with Crippen molar-refractivity contribution in [3.05, 3.63) is 30.3 Å². The van der Waals surface area contributed by atoms with Crippen LogP contribution in [0.5, 0.6) is 0 Å². The summed E-state index contributed by atoms with van der Waals surface area (Å²) < 4.78 is 4.96. The monoisotopic (exact) mass is 291 g/mol. The van der Waals surface area contributed by atoms with Gasteiger partial charge in [0.2, 0.25) is 5.91 Å². The van der Waals surface area contributed by atoms with Crippen LogP contribution in [-0.4, -0.2) is 63.8 Å². The molecule has 2 rings (SSSR count). The van der Waals surface area contributed by atoms with Crippen LogP contribution < -0.4 is 10.2 Å². The molecule has 5 heteroatoms. The molecule has 1 aromatic carbocycles. The first-order chi connectivity index (χ1) is 10.3. The lowest BCUT2D eigenvalue weighted by molar-refractivity contribution is -0.122. The van der Waals surface area contributed by atoms with Crippen LogP contribution in [0.2, 0.25) is 0 Å². The number of nitrogens with one attached hydrogen (secondary N) is 1. The Morgan fingerprint density at radius 3 is 2.57 bits per heavy atom. The van der Waals surface area contributed by atoms with Gasteiger partial charge in [0.25, 0.3) is 0 Å². The van der Waals surface area contributed by atoms with Gasteiger partial charge in [-0.05, 0) is 18.6 Å². The molecule has 1 amide bonds. The van der Waals surface area contributed by atoms with Crippen LogP contribution in [0.15, 0.2) is 30.3 Å². The third-order valence-corrected chi connectivity index (χ3v) is 3.71. The first kappa shape index (κ1) is 15.8. The summed E-state index contributed by atoms with van der Waals surface area (Å²) in [5.74, 6) is 0.110. The summed E-state index contributed by atoms with van der Waals surface area (Å²) in [6, 6.07) is 10.4.